The average Bonchev–Trinajstić information content (AvgIpc) is 2.28. The van der Waals surface area contributed by atoms with Crippen LogP contribution in [0.15, 0.2) is 18.3 Å². The maximum atomic E-state index is 5.24. The summed E-state index contributed by atoms with van der Waals surface area (Å²) >= 11 is 0. The third-order valence-corrected chi connectivity index (χ3v) is 2.34. The van der Waals surface area contributed by atoms with Crippen molar-refractivity contribution < 1.29 is 9.47 Å². The van der Waals surface area contributed by atoms with E-state index in [1.807, 2.05) is 13.0 Å². The van der Waals surface area contributed by atoms with Gasteiger partial charge in [-0.15, -0.1) is 5.10 Å². The summed E-state index contributed by atoms with van der Waals surface area (Å²) in [7, 11) is 3.24. The maximum Gasteiger partial charge on any atom is 0.150 e. The normalized spacial score (nSPS) is 10.3. The summed E-state index contributed by atoms with van der Waals surface area (Å²) in [6, 6.07) is 3.73. The smallest absolute Gasteiger partial charge is 0.150 e. The summed E-state index contributed by atoms with van der Waals surface area (Å²) in [5.74, 6) is 1.44. The summed E-state index contributed by atoms with van der Waals surface area (Å²) in [5, 5.41) is 8.96. The molecule has 0 N–H and O–H groups in total. The Morgan fingerprint density at radius 2 is 1.93 bits per heavy atom. The second-order valence-electron chi connectivity index (χ2n) is 3.25. The zero-order valence-electron chi connectivity index (χ0n) is 8.94. The summed E-state index contributed by atoms with van der Waals surface area (Å²) in [5.41, 5.74) is 1.82. The zero-order chi connectivity index (χ0) is 10.8. The fourth-order valence-electron chi connectivity index (χ4n) is 1.50. The monoisotopic (exact) mass is 204 g/mol. The van der Waals surface area contributed by atoms with Crippen LogP contribution in [0.25, 0.3) is 10.9 Å². The molecule has 0 saturated heterocycles. The average molecular weight is 204 g/mol. The fourth-order valence-corrected chi connectivity index (χ4v) is 1.50. The number of fused-ring (bicyclic) bond motifs is 1. The number of hydrogen-bond acceptors (Lipinski definition) is 4. The van der Waals surface area contributed by atoms with Crippen molar-refractivity contribution in [2.75, 3.05) is 14.2 Å². The molecule has 0 atom stereocenters. The lowest BCUT2D eigenvalue weighted by Gasteiger charge is -2.08. The van der Waals surface area contributed by atoms with Crippen LogP contribution in [0, 0.1) is 6.92 Å². The largest absolute Gasteiger partial charge is 0.497 e. The Morgan fingerprint density at radius 3 is 2.60 bits per heavy atom. The lowest BCUT2D eigenvalue weighted by atomic mass is 10.1. The zero-order valence-corrected chi connectivity index (χ0v) is 8.94. The van der Waals surface area contributed by atoms with E-state index in [0.717, 1.165) is 22.2 Å². The first-order valence-electron chi connectivity index (χ1n) is 4.60. The number of methoxy groups -OCH3 is 2. The fraction of sp³-hybridized carbons (Fsp3) is 0.273. The van der Waals surface area contributed by atoms with Crippen LogP contribution in [-0.2, 0) is 0 Å². The van der Waals surface area contributed by atoms with Crippen LogP contribution in [0.1, 0.15) is 5.56 Å². The first-order chi connectivity index (χ1) is 7.26. The molecule has 78 valence electrons. The molecule has 1 aromatic carbocycles. The third kappa shape index (κ3) is 1.58. The van der Waals surface area contributed by atoms with Gasteiger partial charge in [0.1, 0.15) is 11.3 Å². The molecule has 0 aliphatic rings. The number of hydrogen-bond donors (Lipinski definition) is 0. The van der Waals surface area contributed by atoms with E-state index in [1.54, 1.807) is 26.5 Å². The predicted molar refractivity (Wildman–Crippen MR) is 57.4 cm³/mol. The van der Waals surface area contributed by atoms with Crippen molar-refractivity contribution in [2.45, 2.75) is 6.92 Å². The van der Waals surface area contributed by atoms with Crippen molar-refractivity contribution in [1.82, 2.24) is 10.2 Å². The van der Waals surface area contributed by atoms with Gasteiger partial charge in [0.05, 0.1) is 20.4 Å². The molecule has 0 saturated carbocycles. The number of ether oxygens (including phenoxy) is 2. The van der Waals surface area contributed by atoms with Crippen LogP contribution in [0.4, 0.5) is 0 Å². The van der Waals surface area contributed by atoms with Crippen molar-refractivity contribution >= 4 is 10.9 Å². The van der Waals surface area contributed by atoms with Crippen LogP contribution in [0.3, 0.4) is 0 Å². The van der Waals surface area contributed by atoms with Gasteiger partial charge in [0, 0.05) is 11.5 Å². The molecular formula is C11H12N2O2. The third-order valence-electron chi connectivity index (χ3n) is 2.34. The van der Waals surface area contributed by atoms with E-state index < -0.39 is 0 Å². The summed E-state index contributed by atoms with van der Waals surface area (Å²) in [6.07, 6.45) is 1.72. The minimum absolute atomic E-state index is 0.681. The van der Waals surface area contributed by atoms with Gasteiger partial charge in [-0.3, -0.25) is 0 Å². The molecule has 0 amide bonds. The molecule has 0 fully saturated rings. The lowest BCUT2D eigenvalue weighted by Crippen LogP contribution is -1.93. The molecule has 15 heavy (non-hydrogen) atoms. The van der Waals surface area contributed by atoms with Crippen LogP contribution >= 0.6 is 0 Å². The quantitative estimate of drug-likeness (QED) is 0.750. The van der Waals surface area contributed by atoms with Crippen molar-refractivity contribution in [2.24, 2.45) is 0 Å². The van der Waals surface area contributed by atoms with E-state index in [9.17, 15) is 0 Å². The highest BCUT2D eigenvalue weighted by atomic mass is 16.5. The van der Waals surface area contributed by atoms with Gasteiger partial charge in [0.15, 0.2) is 5.75 Å². The van der Waals surface area contributed by atoms with Gasteiger partial charge in [-0.1, -0.05) is 0 Å². The number of benzene rings is 1. The molecular weight excluding hydrogens is 192 g/mol. The summed E-state index contributed by atoms with van der Waals surface area (Å²) in [4.78, 5) is 0. The topological polar surface area (TPSA) is 44.2 Å². The molecule has 0 radical (unpaired) electrons. The van der Waals surface area contributed by atoms with Gasteiger partial charge in [-0.2, -0.15) is 5.10 Å². The number of aryl methyl sites for hydroxylation is 1. The Kier molecular flexibility index (Phi) is 2.41. The van der Waals surface area contributed by atoms with Crippen molar-refractivity contribution in [3.8, 4) is 11.5 Å². The van der Waals surface area contributed by atoms with Gasteiger partial charge in [-0.05, 0) is 18.6 Å². The van der Waals surface area contributed by atoms with E-state index in [-0.39, 0.29) is 0 Å². The molecule has 2 aromatic rings. The van der Waals surface area contributed by atoms with E-state index >= 15 is 0 Å². The first kappa shape index (κ1) is 9.71. The maximum absolute atomic E-state index is 5.24. The van der Waals surface area contributed by atoms with E-state index in [4.69, 9.17) is 9.47 Å². The molecule has 0 bridgehead atoms. The van der Waals surface area contributed by atoms with Gasteiger partial charge >= 0.3 is 0 Å². The Bertz CT molecular complexity index is 497. The van der Waals surface area contributed by atoms with Gasteiger partial charge in [0.2, 0.25) is 0 Å². The molecule has 2 rings (SSSR count). The Morgan fingerprint density at radius 1 is 1.13 bits per heavy atom. The Balaban J connectivity index is 2.80. The molecule has 0 aliphatic heterocycles. The molecule has 0 aliphatic carbocycles. The molecule has 1 aromatic heterocycles. The predicted octanol–water partition coefficient (Wildman–Crippen LogP) is 1.96. The Labute approximate surface area is 87.8 Å². The minimum Gasteiger partial charge on any atom is -0.497 e. The van der Waals surface area contributed by atoms with E-state index in [1.165, 1.54) is 0 Å². The highest BCUT2D eigenvalue weighted by molar-refractivity contribution is 5.88. The standard InChI is InChI=1S/C11H12N2O2/c1-7-6-12-13-11-9(7)4-8(14-2)5-10(11)15-3/h4-6H,1-3H3. The molecule has 4 nitrogen and oxygen atoms in total. The number of rotatable bonds is 2. The van der Waals surface area contributed by atoms with E-state index in [0.29, 0.717) is 5.75 Å². The molecule has 0 spiro atoms. The van der Waals surface area contributed by atoms with Crippen LogP contribution in [0.2, 0.25) is 0 Å². The van der Waals surface area contributed by atoms with Crippen molar-refractivity contribution in [3.63, 3.8) is 0 Å². The van der Waals surface area contributed by atoms with Gasteiger partial charge in [0.25, 0.3) is 0 Å². The summed E-state index contributed by atoms with van der Waals surface area (Å²) < 4.78 is 10.4. The number of nitrogens with zero attached hydrogens (tertiary/aromatic N) is 2. The minimum atomic E-state index is 0.681. The summed E-state index contributed by atoms with van der Waals surface area (Å²) in [6.45, 7) is 1.98. The second-order valence-corrected chi connectivity index (χ2v) is 3.25. The van der Waals surface area contributed by atoms with Crippen LogP contribution in [-0.4, -0.2) is 24.4 Å². The van der Waals surface area contributed by atoms with Gasteiger partial charge in [-0.25, -0.2) is 0 Å². The van der Waals surface area contributed by atoms with Crippen molar-refractivity contribution in [1.29, 1.82) is 0 Å². The lowest BCUT2D eigenvalue weighted by molar-refractivity contribution is 0.397. The molecule has 0 unspecified atom stereocenters. The van der Waals surface area contributed by atoms with Gasteiger partial charge < -0.3 is 9.47 Å². The molecule has 4 heteroatoms. The number of aromatic nitrogens is 2. The Hall–Kier alpha value is -1.84. The first-order valence-corrected chi connectivity index (χ1v) is 4.60. The van der Waals surface area contributed by atoms with Crippen LogP contribution in [0.5, 0.6) is 11.5 Å². The highest BCUT2D eigenvalue weighted by Gasteiger charge is 2.08. The van der Waals surface area contributed by atoms with Crippen molar-refractivity contribution in [3.05, 3.63) is 23.9 Å². The molecule has 1 heterocycles. The van der Waals surface area contributed by atoms with Crippen LogP contribution < -0.4 is 9.47 Å². The van der Waals surface area contributed by atoms with E-state index in [2.05, 4.69) is 10.2 Å². The second kappa shape index (κ2) is 3.73. The SMILES string of the molecule is COc1cc(OC)c2nncc(C)c2c1. The highest BCUT2D eigenvalue weighted by Crippen LogP contribution is 2.30.